The molecule has 0 spiro atoms. The summed E-state index contributed by atoms with van der Waals surface area (Å²) in [6.07, 6.45) is 4.45. The van der Waals surface area contributed by atoms with Crippen LogP contribution in [-0.4, -0.2) is 66.4 Å². The van der Waals surface area contributed by atoms with Crippen LogP contribution in [0.25, 0.3) is 23.0 Å². The molecule has 7 nitrogen and oxygen atoms in total. The molecule has 1 aliphatic heterocycles. The summed E-state index contributed by atoms with van der Waals surface area (Å²) < 4.78 is 12.9. The minimum atomic E-state index is 0.688. The largest absolute Gasteiger partial charge is 0.493 e. The Morgan fingerprint density at radius 2 is 1.64 bits per heavy atom. The highest BCUT2D eigenvalue weighted by atomic mass is 16.5. The van der Waals surface area contributed by atoms with Crippen LogP contribution in [0.2, 0.25) is 0 Å². The van der Waals surface area contributed by atoms with Crippen molar-refractivity contribution < 1.29 is 9.47 Å². The van der Waals surface area contributed by atoms with Gasteiger partial charge < -0.3 is 14.4 Å². The molecule has 0 saturated carbocycles. The molecule has 1 saturated heterocycles. The Kier molecular flexibility index (Phi) is 6.91. The van der Waals surface area contributed by atoms with Gasteiger partial charge in [-0.05, 0) is 37.6 Å². The van der Waals surface area contributed by atoms with E-state index in [0.29, 0.717) is 11.5 Å². The Labute approximate surface area is 212 Å². The first-order valence-corrected chi connectivity index (χ1v) is 12.4. The number of rotatable bonds is 7. The minimum Gasteiger partial charge on any atom is -0.493 e. The average Bonchev–Trinajstić information content (AvgIpc) is 3.25. The highest BCUT2D eigenvalue weighted by Gasteiger charge is 2.22. The second-order valence-corrected chi connectivity index (χ2v) is 9.14. The summed E-state index contributed by atoms with van der Waals surface area (Å²) >= 11 is 0. The molecule has 3 heterocycles. The Balaban J connectivity index is 1.37. The van der Waals surface area contributed by atoms with Crippen molar-refractivity contribution in [3.63, 3.8) is 0 Å². The standard InChI is InChI=1S/C29H33N5O2/c1-21-19-27(33-17-15-32(16-18-33)14-8-11-23-9-6-5-7-10-23)34-29(30-21)22(2)28(31-34)24-12-13-25(35-3)26(20-24)36-4/h5-13,19-20H,14-18H2,1-4H3/b11-8+. The molecule has 0 radical (unpaired) electrons. The number of fused-ring (bicyclic) bond motifs is 1. The monoisotopic (exact) mass is 483 g/mol. The molecule has 0 unspecified atom stereocenters. The van der Waals surface area contributed by atoms with Gasteiger partial charge in [-0.25, -0.2) is 4.98 Å². The van der Waals surface area contributed by atoms with Crippen molar-refractivity contribution in [3.05, 3.63) is 77.5 Å². The van der Waals surface area contributed by atoms with Gasteiger partial charge in [-0.2, -0.15) is 9.61 Å². The van der Waals surface area contributed by atoms with Gasteiger partial charge in [0.1, 0.15) is 5.82 Å². The van der Waals surface area contributed by atoms with Gasteiger partial charge in [0.15, 0.2) is 17.1 Å². The molecule has 2 aromatic carbocycles. The predicted octanol–water partition coefficient (Wildman–Crippen LogP) is 4.87. The molecule has 0 bridgehead atoms. The van der Waals surface area contributed by atoms with Crippen molar-refractivity contribution in [2.75, 3.05) is 51.8 Å². The average molecular weight is 484 g/mol. The summed E-state index contributed by atoms with van der Waals surface area (Å²) in [6, 6.07) is 18.5. The lowest BCUT2D eigenvalue weighted by Gasteiger charge is -2.35. The number of hydrogen-bond acceptors (Lipinski definition) is 6. The van der Waals surface area contributed by atoms with Crippen molar-refractivity contribution in [2.24, 2.45) is 0 Å². The normalized spacial score (nSPS) is 14.6. The van der Waals surface area contributed by atoms with E-state index in [2.05, 4.69) is 66.1 Å². The number of methoxy groups -OCH3 is 2. The number of piperazine rings is 1. The quantitative estimate of drug-likeness (QED) is 0.374. The zero-order valence-corrected chi connectivity index (χ0v) is 21.4. The maximum absolute atomic E-state index is 5.52. The Morgan fingerprint density at radius 3 is 2.36 bits per heavy atom. The van der Waals surface area contributed by atoms with Crippen LogP contribution in [-0.2, 0) is 0 Å². The first-order chi connectivity index (χ1) is 17.6. The van der Waals surface area contributed by atoms with Gasteiger partial charge in [-0.1, -0.05) is 42.5 Å². The summed E-state index contributed by atoms with van der Waals surface area (Å²) in [7, 11) is 3.30. The van der Waals surface area contributed by atoms with Crippen LogP contribution in [0.15, 0.2) is 60.7 Å². The topological polar surface area (TPSA) is 55.1 Å². The van der Waals surface area contributed by atoms with E-state index in [1.807, 2.05) is 28.8 Å². The molecule has 186 valence electrons. The number of aryl methyl sites for hydroxylation is 2. The SMILES string of the molecule is COc1ccc(-c2nn3c(N4CCN(C/C=C/c5ccccc5)CC4)cc(C)nc3c2C)cc1OC. The van der Waals surface area contributed by atoms with Crippen LogP contribution < -0.4 is 14.4 Å². The third-order valence-corrected chi connectivity index (χ3v) is 6.76. The maximum Gasteiger partial charge on any atom is 0.161 e. The van der Waals surface area contributed by atoms with Crippen molar-refractivity contribution in [3.8, 4) is 22.8 Å². The molecular weight excluding hydrogens is 450 g/mol. The number of benzene rings is 2. The van der Waals surface area contributed by atoms with Crippen LogP contribution >= 0.6 is 0 Å². The molecule has 2 aromatic heterocycles. The van der Waals surface area contributed by atoms with E-state index in [1.165, 1.54) is 5.56 Å². The second-order valence-electron chi connectivity index (χ2n) is 9.14. The molecule has 1 fully saturated rings. The van der Waals surface area contributed by atoms with Gasteiger partial charge in [0, 0.05) is 55.6 Å². The summed E-state index contributed by atoms with van der Waals surface area (Å²) in [6.45, 7) is 9.00. The number of anilines is 1. The van der Waals surface area contributed by atoms with Gasteiger partial charge in [0.25, 0.3) is 0 Å². The van der Waals surface area contributed by atoms with Gasteiger partial charge in [-0.15, -0.1) is 0 Å². The van der Waals surface area contributed by atoms with Crippen LogP contribution in [0.1, 0.15) is 16.8 Å². The van der Waals surface area contributed by atoms with Gasteiger partial charge >= 0.3 is 0 Å². The summed E-state index contributed by atoms with van der Waals surface area (Å²) in [5, 5.41) is 5.02. The van der Waals surface area contributed by atoms with Crippen LogP contribution in [0.5, 0.6) is 11.5 Å². The molecule has 0 aliphatic carbocycles. The second kappa shape index (κ2) is 10.4. The van der Waals surface area contributed by atoms with E-state index < -0.39 is 0 Å². The highest BCUT2D eigenvalue weighted by molar-refractivity contribution is 5.73. The van der Waals surface area contributed by atoms with Gasteiger partial charge in [0.05, 0.1) is 19.9 Å². The molecular formula is C29H33N5O2. The lowest BCUT2D eigenvalue weighted by Crippen LogP contribution is -2.47. The van der Waals surface area contributed by atoms with E-state index in [1.54, 1.807) is 14.2 Å². The zero-order chi connectivity index (χ0) is 25.1. The first kappa shape index (κ1) is 23.9. The minimum absolute atomic E-state index is 0.688. The lowest BCUT2D eigenvalue weighted by molar-refractivity contribution is 0.283. The maximum atomic E-state index is 5.52. The highest BCUT2D eigenvalue weighted by Crippen LogP contribution is 2.34. The van der Waals surface area contributed by atoms with E-state index in [-0.39, 0.29) is 0 Å². The third kappa shape index (κ3) is 4.79. The molecule has 1 aliphatic rings. The van der Waals surface area contributed by atoms with Crippen LogP contribution in [0, 0.1) is 13.8 Å². The molecule has 0 amide bonds. The van der Waals surface area contributed by atoms with E-state index >= 15 is 0 Å². The van der Waals surface area contributed by atoms with E-state index in [0.717, 1.165) is 66.7 Å². The van der Waals surface area contributed by atoms with E-state index in [4.69, 9.17) is 19.6 Å². The number of hydrogen-bond donors (Lipinski definition) is 0. The van der Waals surface area contributed by atoms with Gasteiger partial charge in [-0.3, -0.25) is 4.90 Å². The van der Waals surface area contributed by atoms with E-state index in [9.17, 15) is 0 Å². The van der Waals surface area contributed by atoms with Crippen molar-refractivity contribution in [2.45, 2.75) is 13.8 Å². The fraction of sp³-hybridized carbons (Fsp3) is 0.310. The Morgan fingerprint density at radius 1 is 0.889 bits per heavy atom. The summed E-state index contributed by atoms with van der Waals surface area (Å²) in [4.78, 5) is 9.75. The number of ether oxygens (including phenoxy) is 2. The lowest BCUT2D eigenvalue weighted by atomic mass is 10.1. The molecule has 36 heavy (non-hydrogen) atoms. The Bertz CT molecular complexity index is 1370. The van der Waals surface area contributed by atoms with Crippen molar-refractivity contribution in [1.29, 1.82) is 0 Å². The predicted molar refractivity (Wildman–Crippen MR) is 145 cm³/mol. The van der Waals surface area contributed by atoms with Crippen LogP contribution in [0.3, 0.4) is 0 Å². The summed E-state index contributed by atoms with van der Waals surface area (Å²) in [5.41, 5.74) is 6.06. The fourth-order valence-corrected chi connectivity index (χ4v) is 4.77. The molecule has 4 aromatic rings. The molecule has 0 N–H and O–H groups in total. The molecule has 5 rings (SSSR count). The van der Waals surface area contributed by atoms with Crippen LogP contribution in [0.4, 0.5) is 5.82 Å². The number of aromatic nitrogens is 3. The zero-order valence-electron chi connectivity index (χ0n) is 21.4. The molecule has 0 atom stereocenters. The Hall–Kier alpha value is -3.84. The summed E-state index contributed by atoms with van der Waals surface area (Å²) in [5.74, 6) is 2.48. The fourth-order valence-electron chi connectivity index (χ4n) is 4.77. The third-order valence-electron chi connectivity index (χ3n) is 6.76. The first-order valence-electron chi connectivity index (χ1n) is 12.4. The molecule has 7 heteroatoms. The number of nitrogens with zero attached hydrogens (tertiary/aromatic N) is 5. The van der Waals surface area contributed by atoms with Crippen molar-refractivity contribution in [1.82, 2.24) is 19.5 Å². The smallest absolute Gasteiger partial charge is 0.161 e. The van der Waals surface area contributed by atoms with Crippen molar-refractivity contribution >= 4 is 17.5 Å². The van der Waals surface area contributed by atoms with Gasteiger partial charge in [0.2, 0.25) is 0 Å².